The molecule has 1 N–H and O–H groups in total. The first-order chi connectivity index (χ1) is 18.6. The minimum absolute atomic E-state index is 0.00958. The number of benzene rings is 3. The van der Waals surface area contributed by atoms with Crippen molar-refractivity contribution in [2.24, 2.45) is 5.10 Å². The van der Waals surface area contributed by atoms with Gasteiger partial charge >= 0.3 is 0 Å². The third kappa shape index (κ3) is 6.11. The highest BCUT2D eigenvalue weighted by Gasteiger charge is 2.29. The van der Waals surface area contributed by atoms with Crippen molar-refractivity contribution in [3.8, 4) is 11.4 Å². The van der Waals surface area contributed by atoms with Gasteiger partial charge in [-0.25, -0.2) is 13.8 Å². The van der Waals surface area contributed by atoms with E-state index in [0.29, 0.717) is 5.02 Å². The maximum atomic E-state index is 13.6. The number of methoxy groups -OCH3 is 1. The molecule has 0 fully saturated rings. The quantitative estimate of drug-likeness (QED) is 0.200. The molecule has 0 spiro atoms. The molecule has 11 heteroatoms. The van der Waals surface area contributed by atoms with Crippen LogP contribution >= 0.6 is 23.2 Å². The van der Waals surface area contributed by atoms with E-state index in [1.54, 1.807) is 24.3 Å². The zero-order chi connectivity index (χ0) is 28.2. The summed E-state index contributed by atoms with van der Waals surface area (Å²) in [5.74, 6) is -0.421. The van der Waals surface area contributed by atoms with Crippen LogP contribution in [0.5, 0.6) is 5.75 Å². The summed E-state index contributed by atoms with van der Waals surface area (Å²) in [5, 5.41) is 4.97. The second-order valence-corrected chi connectivity index (χ2v) is 11.3. The molecule has 0 bridgehead atoms. The zero-order valence-electron chi connectivity index (χ0n) is 21.4. The average molecular weight is 586 g/mol. The van der Waals surface area contributed by atoms with Crippen LogP contribution in [-0.2, 0) is 14.8 Å². The molecular weight excluding hydrogens is 559 g/mol. The van der Waals surface area contributed by atoms with Crippen LogP contribution in [0.2, 0.25) is 10.0 Å². The number of hydrogen-bond acceptors (Lipinski definition) is 5. The highest BCUT2D eigenvalue weighted by Crippen LogP contribution is 2.34. The number of hydrazone groups is 1. The molecule has 1 heterocycles. The van der Waals surface area contributed by atoms with Crippen LogP contribution in [0.1, 0.15) is 17.0 Å². The Bertz CT molecular complexity index is 1640. The van der Waals surface area contributed by atoms with Gasteiger partial charge in [-0.05, 0) is 62.4 Å². The molecule has 0 aliphatic carbocycles. The van der Waals surface area contributed by atoms with Crippen LogP contribution in [0.3, 0.4) is 0 Å². The average Bonchev–Trinajstić information content (AvgIpc) is 3.20. The topological polar surface area (TPSA) is 93.0 Å². The number of aryl methyl sites for hydroxylation is 1. The second kappa shape index (κ2) is 11.9. The molecule has 4 aromatic rings. The summed E-state index contributed by atoms with van der Waals surface area (Å²) in [6.45, 7) is 3.29. The predicted molar refractivity (Wildman–Crippen MR) is 155 cm³/mol. The van der Waals surface area contributed by atoms with Crippen molar-refractivity contribution < 1.29 is 17.9 Å². The Morgan fingerprint density at radius 2 is 1.72 bits per heavy atom. The monoisotopic (exact) mass is 584 g/mol. The predicted octanol–water partition coefficient (Wildman–Crippen LogP) is 5.76. The zero-order valence-corrected chi connectivity index (χ0v) is 23.8. The number of anilines is 1. The van der Waals surface area contributed by atoms with Crippen molar-refractivity contribution in [1.29, 1.82) is 0 Å². The molecule has 4 rings (SSSR count). The number of rotatable bonds is 9. The summed E-state index contributed by atoms with van der Waals surface area (Å²) >= 11 is 12.6. The van der Waals surface area contributed by atoms with Crippen molar-refractivity contribution in [2.45, 2.75) is 18.7 Å². The Balaban J connectivity index is 1.60. The van der Waals surface area contributed by atoms with Crippen molar-refractivity contribution in [2.75, 3.05) is 18.0 Å². The molecular formula is C28H26Cl2N4O4S. The van der Waals surface area contributed by atoms with E-state index in [4.69, 9.17) is 27.9 Å². The molecule has 1 amide bonds. The molecule has 0 atom stereocenters. The number of nitrogens with zero attached hydrogens (tertiary/aromatic N) is 3. The van der Waals surface area contributed by atoms with E-state index in [0.717, 1.165) is 26.9 Å². The maximum Gasteiger partial charge on any atom is 0.264 e. The van der Waals surface area contributed by atoms with E-state index < -0.39 is 22.5 Å². The Morgan fingerprint density at radius 3 is 2.41 bits per heavy atom. The number of halogens is 2. The van der Waals surface area contributed by atoms with Gasteiger partial charge in [-0.3, -0.25) is 9.10 Å². The smallest absolute Gasteiger partial charge is 0.264 e. The first-order valence-corrected chi connectivity index (χ1v) is 14.0. The third-order valence-electron chi connectivity index (χ3n) is 5.98. The fraction of sp³-hybridized carbons (Fsp3) is 0.143. The summed E-state index contributed by atoms with van der Waals surface area (Å²) in [4.78, 5) is 13.0. The molecule has 202 valence electrons. The minimum Gasteiger partial charge on any atom is -0.495 e. The van der Waals surface area contributed by atoms with Gasteiger partial charge in [0, 0.05) is 22.0 Å². The summed E-state index contributed by atoms with van der Waals surface area (Å²) in [6.07, 6.45) is 1.50. The lowest BCUT2D eigenvalue weighted by molar-refractivity contribution is -0.119. The van der Waals surface area contributed by atoms with Crippen molar-refractivity contribution in [3.05, 3.63) is 106 Å². The standard InChI is InChI=1S/C28H26Cl2N4O4S/c1-19-15-21(20(2)34(19)25-12-8-7-11-24(25)30)17-31-32-28(35)18-33(26-16-22(29)13-14-27(26)38-3)39(36,37)23-9-5-4-6-10-23/h4-17H,18H2,1-3H3,(H,32,35)/b31-17+. The van der Waals surface area contributed by atoms with E-state index >= 15 is 0 Å². The maximum absolute atomic E-state index is 13.6. The van der Waals surface area contributed by atoms with Crippen molar-refractivity contribution in [1.82, 2.24) is 9.99 Å². The largest absolute Gasteiger partial charge is 0.495 e. The highest BCUT2D eigenvalue weighted by molar-refractivity contribution is 7.92. The van der Waals surface area contributed by atoms with Gasteiger partial charge in [0.2, 0.25) is 0 Å². The Kier molecular flexibility index (Phi) is 8.64. The molecule has 39 heavy (non-hydrogen) atoms. The summed E-state index contributed by atoms with van der Waals surface area (Å²) in [7, 11) is -2.75. The van der Waals surface area contributed by atoms with Crippen LogP contribution in [0.25, 0.3) is 5.69 Å². The Morgan fingerprint density at radius 1 is 1.03 bits per heavy atom. The molecule has 0 saturated heterocycles. The molecule has 0 unspecified atom stereocenters. The van der Waals surface area contributed by atoms with Crippen LogP contribution in [0.4, 0.5) is 5.69 Å². The van der Waals surface area contributed by atoms with Crippen molar-refractivity contribution >= 4 is 51.0 Å². The van der Waals surface area contributed by atoms with Gasteiger partial charge < -0.3 is 9.30 Å². The van der Waals surface area contributed by atoms with Gasteiger partial charge in [0.25, 0.3) is 15.9 Å². The molecule has 0 aliphatic heterocycles. The van der Waals surface area contributed by atoms with Gasteiger partial charge in [0.1, 0.15) is 12.3 Å². The number of para-hydroxylation sites is 1. The fourth-order valence-corrected chi connectivity index (χ4v) is 5.97. The fourth-order valence-electron chi connectivity index (χ4n) is 4.14. The normalized spacial score (nSPS) is 11.5. The number of carbonyl (C=O) groups excluding carboxylic acids is 1. The lowest BCUT2D eigenvalue weighted by Crippen LogP contribution is -2.39. The number of sulfonamides is 1. The van der Waals surface area contributed by atoms with E-state index in [9.17, 15) is 13.2 Å². The number of carbonyl (C=O) groups is 1. The first kappa shape index (κ1) is 28.2. The van der Waals surface area contributed by atoms with Crippen LogP contribution in [-0.4, -0.2) is 38.8 Å². The molecule has 8 nitrogen and oxygen atoms in total. The molecule has 0 radical (unpaired) electrons. The van der Waals surface area contributed by atoms with E-state index in [2.05, 4.69) is 10.5 Å². The number of ether oxygens (including phenoxy) is 1. The first-order valence-electron chi connectivity index (χ1n) is 11.8. The van der Waals surface area contributed by atoms with Crippen LogP contribution < -0.4 is 14.5 Å². The number of hydrogen-bond donors (Lipinski definition) is 1. The lowest BCUT2D eigenvalue weighted by atomic mass is 10.2. The van der Waals surface area contributed by atoms with Crippen molar-refractivity contribution in [3.63, 3.8) is 0 Å². The Labute approximate surface area is 237 Å². The SMILES string of the molecule is COc1ccc(Cl)cc1N(CC(=O)N/N=C/c1cc(C)n(-c2ccccc2Cl)c1C)S(=O)(=O)c1ccccc1. The second-order valence-electron chi connectivity index (χ2n) is 8.55. The molecule has 0 saturated carbocycles. The summed E-state index contributed by atoms with van der Waals surface area (Å²) in [5.41, 5.74) is 5.94. The van der Waals surface area contributed by atoms with E-state index in [1.807, 2.05) is 48.7 Å². The number of nitrogens with one attached hydrogen (secondary N) is 1. The van der Waals surface area contributed by atoms with Gasteiger partial charge in [0.05, 0.1) is 34.6 Å². The van der Waals surface area contributed by atoms with E-state index in [1.165, 1.54) is 37.6 Å². The third-order valence-corrected chi connectivity index (χ3v) is 8.31. The minimum atomic E-state index is -4.15. The van der Waals surface area contributed by atoms with Gasteiger partial charge in [-0.2, -0.15) is 5.10 Å². The summed E-state index contributed by atoms with van der Waals surface area (Å²) < 4.78 is 35.5. The highest BCUT2D eigenvalue weighted by atomic mass is 35.5. The summed E-state index contributed by atoms with van der Waals surface area (Å²) in [6, 6.07) is 21.7. The van der Waals surface area contributed by atoms with Gasteiger partial charge in [-0.1, -0.05) is 53.5 Å². The Hall–Kier alpha value is -3.79. The van der Waals surface area contributed by atoms with Crippen LogP contribution in [0.15, 0.2) is 88.9 Å². The van der Waals surface area contributed by atoms with Gasteiger partial charge in [0.15, 0.2) is 0 Å². The van der Waals surface area contributed by atoms with E-state index in [-0.39, 0.29) is 21.4 Å². The lowest BCUT2D eigenvalue weighted by Gasteiger charge is -2.25. The molecule has 3 aromatic carbocycles. The number of amides is 1. The number of aromatic nitrogens is 1. The van der Waals surface area contributed by atoms with Gasteiger partial charge in [-0.15, -0.1) is 0 Å². The molecule has 1 aromatic heterocycles. The van der Waals surface area contributed by atoms with Crippen LogP contribution in [0, 0.1) is 13.8 Å². The molecule has 0 aliphatic rings.